The van der Waals surface area contributed by atoms with Gasteiger partial charge < -0.3 is 19.5 Å². The Morgan fingerprint density at radius 3 is 2.92 bits per heavy atom. The van der Waals surface area contributed by atoms with E-state index in [1.54, 1.807) is 6.92 Å². The molecule has 12 heavy (non-hydrogen) atoms. The molecule has 0 radical (unpaired) electrons. The van der Waals surface area contributed by atoms with Crippen molar-refractivity contribution in [2.75, 3.05) is 6.61 Å². The van der Waals surface area contributed by atoms with Crippen LogP contribution in [0.2, 0.25) is 0 Å². The second kappa shape index (κ2) is 3.56. The first-order chi connectivity index (χ1) is 6.00. The van der Waals surface area contributed by atoms with Crippen LogP contribution in [0.5, 0.6) is 0 Å². The van der Waals surface area contributed by atoms with Crippen LogP contribution in [0.1, 0.15) is 13.8 Å². The Hall–Kier alpha value is 0.270. The van der Waals surface area contributed by atoms with Crippen LogP contribution >= 0.6 is 9.41 Å². The molecular weight excluding hydrogens is 179 g/mol. The Bertz CT molecular complexity index is 178. The molecule has 4 nitrogen and oxygen atoms in total. The molecule has 0 aromatic heterocycles. The molecule has 0 aromatic carbocycles. The summed E-state index contributed by atoms with van der Waals surface area (Å²) < 4.78 is 16.9. The van der Waals surface area contributed by atoms with Gasteiger partial charge in [-0.25, -0.2) is 0 Å². The molecule has 1 rings (SSSR count). The number of aliphatic hydroxyl groups excluding tert-OH is 1. The third kappa shape index (κ3) is 1.63. The average molecular weight is 195 g/mol. The zero-order valence-electron chi connectivity index (χ0n) is 8.15. The van der Waals surface area contributed by atoms with Gasteiger partial charge in [-0.3, -0.25) is 0 Å². The van der Waals surface area contributed by atoms with Crippen molar-refractivity contribution >= 4 is 9.41 Å². The van der Waals surface area contributed by atoms with Gasteiger partial charge in [0, 0.05) is 9.41 Å². The average Bonchev–Trinajstić information content (AvgIpc) is 2.26. The number of ether oxygens (including phenoxy) is 1. The van der Waals surface area contributed by atoms with E-state index in [4.69, 9.17) is 10.5 Å². The van der Waals surface area contributed by atoms with Gasteiger partial charge in [-0.1, -0.05) is 0 Å². The van der Waals surface area contributed by atoms with Crippen LogP contribution in [0.4, 0.5) is 0 Å². The van der Waals surface area contributed by atoms with E-state index in [2.05, 4.69) is 0 Å². The first-order valence-electron chi connectivity index (χ1n) is 4.34. The van der Waals surface area contributed by atoms with E-state index in [1.165, 1.54) is 6.92 Å². The van der Waals surface area contributed by atoms with E-state index in [0.29, 0.717) is 0 Å². The predicted molar refractivity (Wildman–Crippen MR) is 46.6 cm³/mol. The van der Waals surface area contributed by atoms with E-state index in [0.717, 1.165) is 0 Å². The second-order valence-electron chi connectivity index (χ2n) is 3.30. The summed E-state index contributed by atoms with van der Waals surface area (Å²) in [6.07, 6.45) is -1.88. The summed E-state index contributed by atoms with van der Waals surface area (Å²) in [5.74, 6) is 0. The van der Waals surface area contributed by atoms with Gasteiger partial charge in [-0.05, 0) is 13.8 Å². The van der Waals surface area contributed by atoms with Crippen molar-refractivity contribution in [3.05, 3.63) is 0 Å². The highest BCUT2D eigenvalue weighted by Gasteiger charge is 2.49. The molecule has 1 aliphatic heterocycles. The van der Waals surface area contributed by atoms with Gasteiger partial charge in [0.15, 0.2) is 0 Å². The lowest BCUT2D eigenvalue weighted by atomic mass is 9.94. The third-order valence-corrected chi connectivity index (χ3v) is 2.57. The van der Waals surface area contributed by atoms with E-state index < -0.39 is 23.9 Å². The smallest absolute Gasteiger partial charge is 0.116 e. The molecule has 1 aliphatic rings. The van der Waals surface area contributed by atoms with Crippen molar-refractivity contribution in [3.8, 4) is 0 Å². The normalized spacial score (nSPS) is 50.3. The zero-order chi connectivity index (χ0) is 10.1. The van der Waals surface area contributed by atoms with Crippen LogP contribution < -0.4 is 0 Å². The molecule has 0 aliphatic carbocycles. The number of aliphatic hydroxyl groups is 2. The lowest BCUT2D eigenvalue weighted by molar-refractivity contribution is -0.0571. The van der Waals surface area contributed by atoms with Gasteiger partial charge in [-0.15, -0.1) is 0 Å². The van der Waals surface area contributed by atoms with Crippen molar-refractivity contribution < 1.29 is 19.5 Å². The van der Waals surface area contributed by atoms with E-state index in [9.17, 15) is 10.2 Å². The Morgan fingerprint density at radius 1 is 1.83 bits per heavy atom. The van der Waals surface area contributed by atoms with Crippen LogP contribution in [-0.4, -0.2) is 42.0 Å². The maximum atomic E-state index is 9.73. The van der Waals surface area contributed by atoms with Crippen molar-refractivity contribution in [2.45, 2.75) is 37.8 Å². The van der Waals surface area contributed by atoms with Crippen molar-refractivity contribution in [1.82, 2.24) is 0 Å². The molecule has 5 atom stereocenters. The van der Waals surface area contributed by atoms with Gasteiger partial charge in [0.05, 0.1) is 14.0 Å². The predicted octanol–water partition coefficient (Wildman–Crippen LogP) is -0.308. The minimum absolute atomic E-state index is 0.156. The van der Waals surface area contributed by atoms with Crippen LogP contribution in [0, 0.1) is 0 Å². The van der Waals surface area contributed by atoms with Crippen molar-refractivity contribution in [3.63, 3.8) is 0 Å². The summed E-state index contributed by atoms with van der Waals surface area (Å²) >= 11 is 0. The Kier molecular flexibility index (Phi) is 2.63. The van der Waals surface area contributed by atoms with Crippen LogP contribution in [0.15, 0.2) is 0 Å². The van der Waals surface area contributed by atoms with Gasteiger partial charge >= 0.3 is 0 Å². The Balaban J connectivity index is 2.52. The summed E-state index contributed by atoms with van der Waals surface area (Å²) in [5.41, 5.74) is -1.22. The minimum atomic E-state index is -1.22. The summed E-state index contributed by atoms with van der Waals surface area (Å²) in [5, 5.41) is 19.3. The number of rotatable bonds is 3. The fraction of sp³-hybridized carbons (Fsp3) is 1.00. The summed E-state index contributed by atoms with van der Waals surface area (Å²) in [7, 11) is -0.374. The molecule has 5 heteroatoms. The molecule has 1 heterocycles. The van der Waals surface area contributed by atoms with Crippen LogP contribution in [0.3, 0.4) is 0 Å². The molecule has 0 aromatic rings. The van der Waals surface area contributed by atoms with Crippen LogP contribution in [-0.2, 0) is 9.26 Å². The first kappa shape index (κ1) is 8.85. The lowest BCUT2D eigenvalue weighted by Crippen LogP contribution is -2.44. The maximum Gasteiger partial charge on any atom is 0.116 e. The van der Waals surface area contributed by atoms with E-state index in [-0.39, 0.29) is 16.0 Å². The number of hydrogen-bond acceptors (Lipinski definition) is 4. The molecule has 2 N–H and O–H groups in total. The van der Waals surface area contributed by atoms with Crippen molar-refractivity contribution in [1.29, 1.82) is 1.28 Å². The topological polar surface area (TPSA) is 58.9 Å². The SMILES string of the molecule is [2H]POC[C@H]1O[C@@H](C)[C@](C)(O)[C@@H]1O. The standard InChI is InChI=1S/C7H15O4P/c1-4-7(2,9)6(8)5(11-4)3-10-12/h4-6,8-9H,3,12H2,1-2H3/t4-,5+,6+,7-/m0/s1/i12D/t4-,5+,6+,7-,12?. The minimum Gasteiger partial charge on any atom is -0.387 e. The second-order valence-corrected chi connectivity index (χ2v) is 3.59. The van der Waals surface area contributed by atoms with Crippen LogP contribution in [0.25, 0.3) is 0 Å². The highest BCUT2D eigenvalue weighted by molar-refractivity contribution is 7.09. The summed E-state index contributed by atoms with van der Waals surface area (Å²) in [6, 6.07) is 0. The maximum absolute atomic E-state index is 9.73. The molecule has 1 fully saturated rings. The molecule has 1 saturated heterocycles. The van der Waals surface area contributed by atoms with E-state index >= 15 is 0 Å². The van der Waals surface area contributed by atoms with Gasteiger partial charge in [0.1, 0.15) is 17.8 Å². The number of hydrogen-bond donors (Lipinski definition) is 2. The fourth-order valence-corrected chi connectivity index (χ4v) is 1.47. The van der Waals surface area contributed by atoms with Gasteiger partial charge in [0.25, 0.3) is 0 Å². The third-order valence-electron chi connectivity index (χ3n) is 2.40. The fourth-order valence-electron chi connectivity index (χ4n) is 1.30. The Morgan fingerprint density at radius 2 is 2.50 bits per heavy atom. The highest BCUT2D eigenvalue weighted by atomic mass is 31.0. The lowest BCUT2D eigenvalue weighted by Gasteiger charge is -2.23. The molecule has 72 valence electrons. The quantitative estimate of drug-likeness (QED) is 0.606. The molecule has 0 bridgehead atoms. The first-order valence-corrected chi connectivity index (χ1v) is 4.25. The highest BCUT2D eigenvalue weighted by Crippen LogP contribution is 2.30. The summed E-state index contributed by atoms with van der Waals surface area (Å²) in [4.78, 5) is 0. The van der Waals surface area contributed by atoms with Gasteiger partial charge in [-0.2, -0.15) is 0 Å². The van der Waals surface area contributed by atoms with Gasteiger partial charge in [0.2, 0.25) is 0 Å². The molecule has 1 unspecified atom stereocenters. The monoisotopic (exact) mass is 195 g/mol. The molecular formula is C7H15O4P. The van der Waals surface area contributed by atoms with Crippen molar-refractivity contribution in [2.24, 2.45) is 0 Å². The largest absolute Gasteiger partial charge is 0.387 e. The van der Waals surface area contributed by atoms with E-state index in [1.807, 2.05) is 0 Å². The summed E-state index contributed by atoms with van der Waals surface area (Å²) in [6.45, 7) is 3.39. The molecule has 0 saturated carbocycles. The zero-order valence-corrected chi connectivity index (χ0v) is 8.15. The molecule has 0 amide bonds. The molecule has 0 spiro atoms. The Labute approximate surface area is 75.4 Å².